The maximum atomic E-state index is 11.0. The lowest BCUT2D eigenvalue weighted by atomic mass is 11.8. The Morgan fingerprint density at radius 2 is 1.43 bits per heavy atom. The van der Waals surface area contributed by atoms with Crippen LogP contribution in [0.15, 0.2) is 0 Å². The Labute approximate surface area is 86.6 Å². The molecule has 0 bridgehead atoms. The largest absolute Gasteiger partial charge is 0.396 e. The van der Waals surface area contributed by atoms with Crippen molar-refractivity contribution in [2.45, 2.75) is 0 Å². The van der Waals surface area contributed by atoms with Gasteiger partial charge < -0.3 is 24.1 Å². The molecule has 0 aromatic rings. The molecular formula is CH7O8P3S2. The molecule has 0 aliphatic heterocycles. The summed E-state index contributed by atoms with van der Waals surface area (Å²) in [5.41, 5.74) is 0. The molecule has 0 radical (unpaired) electrons. The zero-order valence-electron chi connectivity index (χ0n) is 6.58. The predicted octanol–water partition coefficient (Wildman–Crippen LogP) is 1.39. The van der Waals surface area contributed by atoms with Crippen molar-refractivity contribution in [2.24, 2.45) is 0 Å². The normalized spacial score (nSPS) is 21.2. The molecule has 0 saturated heterocycles. The molecule has 0 aliphatic rings. The second-order valence-corrected chi connectivity index (χ2v) is 15.7. The fraction of sp³-hybridized carbons (Fsp3) is 1.00. The molecular weight excluding hydrogens is 297 g/mol. The van der Waals surface area contributed by atoms with E-state index in [0.717, 1.165) is 7.11 Å². The molecule has 8 nitrogen and oxygen atoms in total. The Bertz CT molecular complexity index is 331. The fourth-order valence-corrected chi connectivity index (χ4v) is 16.3. The van der Waals surface area contributed by atoms with Crippen molar-refractivity contribution in [1.82, 2.24) is 0 Å². The van der Waals surface area contributed by atoms with Crippen molar-refractivity contribution in [2.75, 3.05) is 7.11 Å². The van der Waals surface area contributed by atoms with Crippen LogP contribution in [0.2, 0.25) is 0 Å². The van der Waals surface area contributed by atoms with Crippen LogP contribution < -0.4 is 0 Å². The molecule has 0 aliphatic carbocycles. The Hall–Kier alpha value is 1.19. The molecule has 2 unspecified atom stereocenters. The van der Waals surface area contributed by atoms with Crippen LogP contribution in [0.3, 0.4) is 0 Å². The standard InChI is InChI=1S/CH7O8P3S2/c1-9-11(5,6)14-12(7,8)13-10(2,3)4/h1H3,(H,5,6)(H,7,8)(H2,2,3,4). The van der Waals surface area contributed by atoms with E-state index in [-0.39, 0.29) is 0 Å². The van der Waals surface area contributed by atoms with Gasteiger partial charge in [-0.05, 0) is 0 Å². The van der Waals surface area contributed by atoms with Crippen LogP contribution in [-0.4, -0.2) is 26.7 Å². The van der Waals surface area contributed by atoms with E-state index in [9.17, 15) is 13.7 Å². The van der Waals surface area contributed by atoms with Crippen LogP contribution in [0.25, 0.3) is 0 Å². The van der Waals surface area contributed by atoms with E-state index < -0.39 is 41.4 Å². The van der Waals surface area contributed by atoms with E-state index >= 15 is 0 Å². The van der Waals surface area contributed by atoms with Crippen molar-refractivity contribution in [3.63, 3.8) is 0 Å². The van der Waals surface area contributed by atoms with Crippen molar-refractivity contribution in [3.05, 3.63) is 0 Å². The highest BCUT2D eigenvalue weighted by Crippen LogP contribution is 2.86. The van der Waals surface area contributed by atoms with E-state index in [0.29, 0.717) is 0 Å². The van der Waals surface area contributed by atoms with Gasteiger partial charge in [-0.2, -0.15) is 0 Å². The van der Waals surface area contributed by atoms with Gasteiger partial charge in [-0.3, -0.25) is 4.57 Å². The van der Waals surface area contributed by atoms with Gasteiger partial charge in [-0.25, -0.2) is 9.13 Å². The first kappa shape index (κ1) is 15.2. The van der Waals surface area contributed by atoms with E-state index in [1.54, 1.807) is 0 Å². The first-order valence-corrected chi connectivity index (χ1v) is 11.6. The van der Waals surface area contributed by atoms with E-state index in [1.807, 2.05) is 0 Å². The Balaban J connectivity index is 4.60. The second-order valence-electron chi connectivity index (χ2n) is 1.77. The number of hydrogen-bond donors (Lipinski definition) is 4. The van der Waals surface area contributed by atoms with E-state index in [2.05, 4.69) is 4.52 Å². The molecule has 2 atom stereocenters. The minimum atomic E-state index is -4.79. The molecule has 13 heteroatoms. The van der Waals surface area contributed by atoms with Crippen molar-refractivity contribution in [1.29, 1.82) is 0 Å². The summed E-state index contributed by atoms with van der Waals surface area (Å²) >= 11 is -0.968. The highest BCUT2D eigenvalue weighted by molar-refractivity contribution is 9.12. The summed E-state index contributed by atoms with van der Waals surface area (Å²) in [4.78, 5) is 34.3. The second kappa shape index (κ2) is 5.01. The minimum absolute atomic E-state index is 0.398. The molecule has 0 heterocycles. The summed E-state index contributed by atoms with van der Waals surface area (Å²) < 4.78 is 36.0. The molecule has 0 saturated carbocycles. The van der Waals surface area contributed by atoms with Crippen LogP contribution in [0.1, 0.15) is 0 Å². The van der Waals surface area contributed by atoms with Crippen molar-refractivity contribution >= 4 is 41.4 Å². The SMILES string of the molecule is COP(=O)(O)SP(=O)(O)SP(=O)(O)O. The molecule has 0 amide bonds. The molecule has 0 fully saturated rings. The van der Waals surface area contributed by atoms with Crippen molar-refractivity contribution < 1.29 is 37.8 Å². The van der Waals surface area contributed by atoms with Crippen LogP contribution in [0.4, 0.5) is 0 Å². The highest BCUT2D eigenvalue weighted by Gasteiger charge is 2.39. The van der Waals surface area contributed by atoms with Crippen LogP contribution in [0.5, 0.6) is 0 Å². The average Bonchev–Trinajstić information content (AvgIpc) is 1.78. The molecule has 0 spiro atoms. The quantitative estimate of drug-likeness (QED) is 0.550. The number of rotatable bonds is 5. The van der Waals surface area contributed by atoms with Gasteiger partial charge in [-0.1, -0.05) is 0 Å². The van der Waals surface area contributed by atoms with Gasteiger partial charge in [0.05, 0.1) is 22.0 Å². The maximum Gasteiger partial charge on any atom is 0.396 e. The summed E-state index contributed by atoms with van der Waals surface area (Å²) in [6.07, 6.45) is 0. The molecule has 0 rings (SSSR count). The molecule has 0 aromatic carbocycles. The summed E-state index contributed by atoms with van der Waals surface area (Å²) in [5.74, 6) is -4.52. The third-order valence-electron chi connectivity index (χ3n) is 0.647. The lowest BCUT2D eigenvalue weighted by molar-refractivity contribution is 0.336. The zero-order chi connectivity index (χ0) is 11.6. The molecule has 4 N–H and O–H groups in total. The van der Waals surface area contributed by atoms with Crippen molar-refractivity contribution in [3.8, 4) is 0 Å². The fourth-order valence-electron chi connectivity index (χ4n) is 0.313. The lowest BCUT2D eigenvalue weighted by Crippen LogP contribution is -1.77. The summed E-state index contributed by atoms with van der Waals surface area (Å²) in [6.45, 7) is -9.13. The van der Waals surface area contributed by atoms with Gasteiger partial charge >= 0.3 is 19.4 Å². The average molecular weight is 304 g/mol. The molecule has 0 aromatic heterocycles. The van der Waals surface area contributed by atoms with Crippen LogP contribution in [-0.2, 0) is 18.2 Å². The van der Waals surface area contributed by atoms with E-state index in [1.165, 1.54) is 0 Å². The van der Waals surface area contributed by atoms with Gasteiger partial charge in [0.2, 0.25) is 0 Å². The lowest BCUT2D eigenvalue weighted by Gasteiger charge is -2.12. The third-order valence-corrected chi connectivity index (χ3v) is 16.0. The van der Waals surface area contributed by atoms with Gasteiger partial charge in [0, 0.05) is 7.11 Å². The van der Waals surface area contributed by atoms with E-state index in [4.69, 9.17) is 19.6 Å². The summed E-state index contributed by atoms with van der Waals surface area (Å²) in [5, 5.41) is 0. The maximum absolute atomic E-state index is 11.0. The smallest absolute Gasteiger partial charge is 0.329 e. The third kappa shape index (κ3) is 7.48. The molecule has 86 valence electrons. The first-order chi connectivity index (χ1) is 5.97. The number of hydrogen-bond acceptors (Lipinski definition) is 6. The minimum Gasteiger partial charge on any atom is -0.329 e. The van der Waals surface area contributed by atoms with Gasteiger partial charge in [0.25, 0.3) is 0 Å². The zero-order valence-corrected chi connectivity index (χ0v) is 10.9. The van der Waals surface area contributed by atoms with Crippen LogP contribution >= 0.6 is 41.4 Å². The highest BCUT2D eigenvalue weighted by atomic mass is 33.4. The first-order valence-electron chi connectivity index (χ1n) is 2.67. The van der Waals surface area contributed by atoms with Crippen LogP contribution in [0, 0.1) is 0 Å². The Kier molecular flexibility index (Phi) is 5.44. The topological polar surface area (TPSA) is 141 Å². The van der Waals surface area contributed by atoms with Gasteiger partial charge in [0.1, 0.15) is 0 Å². The molecule has 14 heavy (non-hydrogen) atoms. The predicted molar refractivity (Wildman–Crippen MR) is 53.9 cm³/mol. The Morgan fingerprint density at radius 3 is 1.71 bits per heavy atom. The Morgan fingerprint density at radius 1 is 1.00 bits per heavy atom. The summed E-state index contributed by atoms with van der Waals surface area (Å²) in [6, 6.07) is 0. The van der Waals surface area contributed by atoms with Gasteiger partial charge in [-0.15, -0.1) is 0 Å². The summed E-state index contributed by atoms with van der Waals surface area (Å²) in [7, 11) is 0.829. The van der Waals surface area contributed by atoms with Gasteiger partial charge in [0.15, 0.2) is 0 Å². The monoisotopic (exact) mass is 304 g/mol.